The zero-order chi connectivity index (χ0) is 14.4. The van der Waals surface area contributed by atoms with Gasteiger partial charge in [0.2, 0.25) is 0 Å². The number of hydrogen-bond acceptors (Lipinski definition) is 3. The predicted octanol–water partition coefficient (Wildman–Crippen LogP) is 2.82. The fourth-order valence-corrected chi connectivity index (χ4v) is 2.94. The summed E-state index contributed by atoms with van der Waals surface area (Å²) in [6.45, 7) is 6.34. The third-order valence-corrected chi connectivity index (χ3v) is 4.22. The molecule has 0 bridgehead atoms. The van der Waals surface area contributed by atoms with Crippen molar-refractivity contribution in [1.82, 2.24) is 4.90 Å². The molecule has 0 saturated carbocycles. The van der Waals surface area contributed by atoms with Crippen molar-refractivity contribution in [2.75, 3.05) is 26.2 Å². The standard InChI is InChI=1S/C16H24N2OS/c1-2-13-6-5-9-18(12-13)10-11-19-15-8-4-3-7-14(15)16(17)20/h3-4,7-8,13H,2,5-6,9-12H2,1H3,(H2,17,20). The van der Waals surface area contributed by atoms with E-state index in [-0.39, 0.29) is 0 Å². The van der Waals surface area contributed by atoms with E-state index in [4.69, 9.17) is 22.7 Å². The first kappa shape index (κ1) is 15.3. The van der Waals surface area contributed by atoms with E-state index in [0.717, 1.165) is 23.8 Å². The van der Waals surface area contributed by atoms with Crippen LogP contribution in [-0.2, 0) is 0 Å². The first-order chi connectivity index (χ1) is 9.70. The highest BCUT2D eigenvalue weighted by atomic mass is 32.1. The summed E-state index contributed by atoms with van der Waals surface area (Å²) in [5.74, 6) is 1.65. The molecule has 1 unspecified atom stereocenters. The lowest BCUT2D eigenvalue weighted by molar-refractivity contribution is 0.145. The quantitative estimate of drug-likeness (QED) is 0.818. The van der Waals surface area contributed by atoms with Gasteiger partial charge >= 0.3 is 0 Å². The van der Waals surface area contributed by atoms with Crippen LogP contribution < -0.4 is 10.5 Å². The summed E-state index contributed by atoms with van der Waals surface area (Å²) in [7, 11) is 0. The van der Waals surface area contributed by atoms with Crippen molar-refractivity contribution in [3.05, 3.63) is 29.8 Å². The lowest BCUT2D eigenvalue weighted by Gasteiger charge is -2.32. The molecule has 1 aliphatic heterocycles. The molecular formula is C16H24N2OS. The van der Waals surface area contributed by atoms with Gasteiger partial charge in [0.15, 0.2) is 0 Å². The highest BCUT2D eigenvalue weighted by molar-refractivity contribution is 7.80. The highest BCUT2D eigenvalue weighted by Crippen LogP contribution is 2.20. The zero-order valence-corrected chi connectivity index (χ0v) is 13.0. The molecule has 110 valence electrons. The average molecular weight is 292 g/mol. The van der Waals surface area contributed by atoms with Crippen LogP contribution in [-0.4, -0.2) is 36.1 Å². The number of para-hydroxylation sites is 1. The first-order valence-electron chi connectivity index (χ1n) is 7.44. The van der Waals surface area contributed by atoms with Crippen molar-refractivity contribution >= 4 is 17.2 Å². The third-order valence-electron chi connectivity index (χ3n) is 4.00. The minimum absolute atomic E-state index is 0.393. The molecule has 2 rings (SSSR count). The molecule has 3 nitrogen and oxygen atoms in total. The zero-order valence-electron chi connectivity index (χ0n) is 12.2. The molecule has 0 aromatic heterocycles. The van der Waals surface area contributed by atoms with Crippen molar-refractivity contribution in [1.29, 1.82) is 0 Å². The van der Waals surface area contributed by atoms with E-state index in [1.54, 1.807) is 0 Å². The van der Waals surface area contributed by atoms with E-state index in [9.17, 15) is 0 Å². The van der Waals surface area contributed by atoms with Crippen LogP contribution >= 0.6 is 12.2 Å². The fourth-order valence-electron chi connectivity index (χ4n) is 2.77. The van der Waals surface area contributed by atoms with E-state index in [2.05, 4.69) is 11.8 Å². The lowest BCUT2D eigenvalue weighted by atomic mass is 9.96. The number of ether oxygens (including phenoxy) is 1. The number of piperidine rings is 1. The average Bonchev–Trinajstić information content (AvgIpc) is 2.48. The van der Waals surface area contributed by atoms with Crippen molar-refractivity contribution in [3.63, 3.8) is 0 Å². The van der Waals surface area contributed by atoms with E-state index < -0.39 is 0 Å². The molecule has 1 atom stereocenters. The van der Waals surface area contributed by atoms with Crippen LogP contribution in [0.3, 0.4) is 0 Å². The van der Waals surface area contributed by atoms with Crippen molar-refractivity contribution in [2.24, 2.45) is 11.7 Å². The van der Waals surface area contributed by atoms with Gasteiger partial charge in [-0.3, -0.25) is 4.90 Å². The van der Waals surface area contributed by atoms with Crippen LogP contribution in [0.4, 0.5) is 0 Å². The third kappa shape index (κ3) is 4.18. The van der Waals surface area contributed by atoms with Gasteiger partial charge in [-0.25, -0.2) is 0 Å². The minimum Gasteiger partial charge on any atom is -0.492 e. The molecule has 1 saturated heterocycles. The molecule has 1 aromatic carbocycles. The summed E-state index contributed by atoms with van der Waals surface area (Å²) in [6.07, 6.45) is 3.96. The molecule has 0 amide bonds. The summed E-state index contributed by atoms with van der Waals surface area (Å²) in [5, 5.41) is 0. The van der Waals surface area contributed by atoms with E-state index in [1.165, 1.54) is 32.4 Å². The molecule has 2 N–H and O–H groups in total. The molecule has 20 heavy (non-hydrogen) atoms. The maximum absolute atomic E-state index is 5.86. The highest BCUT2D eigenvalue weighted by Gasteiger charge is 2.18. The van der Waals surface area contributed by atoms with E-state index >= 15 is 0 Å². The summed E-state index contributed by atoms with van der Waals surface area (Å²) in [4.78, 5) is 2.89. The first-order valence-corrected chi connectivity index (χ1v) is 7.85. The minimum atomic E-state index is 0.393. The Kier molecular flexibility index (Phi) is 5.80. The van der Waals surface area contributed by atoms with Gasteiger partial charge in [-0.2, -0.15) is 0 Å². The topological polar surface area (TPSA) is 38.5 Å². The number of hydrogen-bond donors (Lipinski definition) is 1. The van der Waals surface area contributed by atoms with Gasteiger partial charge in [-0.1, -0.05) is 37.7 Å². The lowest BCUT2D eigenvalue weighted by Crippen LogP contribution is -2.37. The molecule has 0 aliphatic carbocycles. The molecule has 1 heterocycles. The second kappa shape index (κ2) is 7.60. The van der Waals surface area contributed by atoms with Crippen LogP contribution in [0.25, 0.3) is 0 Å². The second-order valence-electron chi connectivity index (χ2n) is 5.43. The SMILES string of the molecule is CCC1CCCN(CCOc2ccccc2C(N)=S)C1. The van der Waals surface area contributed by atoms with Crippen LogP contribution in [0, 0.1) is 5.92 Å². The number of nitrogens with zero attached hydrogens (tertiary/aromatic N) is 1. The Morgan fingerprint density at radius 3 is 3.00 bits per heavy atom. The summed E-state index contributed by atoms with van der Waals surface area (Å²) in [5.41, 5.74) is 6.53. The molecule has 1 fully saturated rings. The van der Waals surface area contributed by atoms with Gasteiger partial charge in [-0.05, 0) is 37.4 Å². The predicted molar refractivity (Wildman–Crippen MR) is 87.3 cm³/mol. The molecule has 1 aromatic rings. The Morgan fingerprint density at radius 2 is 2.25 bits per heavy atom. The fraction of sp³-hybridized carbons (Fsp3) is 0.562. The normalized spacial score (nSPS) is 19.8. The van der Waals surface area contributed by atoms with Gasteiger partial charge in [0.25, 0.3) is 0 Å². The smallest absolute Gasteiger partial charge is 0.129 e. The Morgan fingerprint density at radius 1 is 1.45 bits per heavy atom. The molecule has 0 spiro atoms. The van der Waals surface area contributed by atoms with Gasteiger partial charge in [0.05, 0.1) is 5.56 Å². The van der Waals surface area contributed by atoms with Gasteiger partial charge in [0, 0.05) is 13.1 Å². The monoisotopic (exact) mass is 292 g/mol. The summed E-state index contributed by atoms with van der Waals surface area (Å²) >= 11 is 5.04. The maximum atomic E-state index is 5.86. The summed E-state index contributed by atoms with van der Waals surface area (Å²) in [6, 6.07) is 7.72. The largest absolute Gasteiger partial charge is 0.492 e. The Balaban J connectivity index is 1.82. The number of nitrogens with two attached hydrogens (primary N) is 1. The Bertz CT molecular complexity index is 450. The van der Waals surface area contributed by atoms with Crippen LogP contribution in [0.2, 0.25) is 0 Å². The summed E-state index contributed by atoms with van der Waals surface area (Å²) < 4.78 is 5.86. The molecule has 4 heteroatoms. The van der Waals surface area contributed by atoms with Crippen LogP contribution in [0.15, 0.2) is 24.3 Å². The Labute approximate surface area is 127 Å². The Hall–Kier alpha value is -1.13. The second-order valence-corrected chi connectivity index (χ2v) is 5.87. The van der Waals surface area contributed by atoms with Crippen molar-refractivity contribution in [2.45, 2.75) is 26.2 Å². The number of rotatable bonds is 6. The van der Waals surface area contributed by atoms with Crippen molar-refractivity contribution < 1.29 is 4.74 Å². The number of thiocarbonyl (C=S) groups is 1. The van der Waals surface area contributed by atoms with Gasteiger partial charge < -0.3 is 10.5 Å². The van der Waals surface area contributed by atoms with E-state index in [0.29, 0.717) is 11.6 Å². The van der Waals surface area contributed by atoms with Crippen LogP contribution in [0.5, 0.6) is 5.75 Å². The van der Waals surface area contributed by atoms with E-state index in [1.807, 2.05) is 24.3 Å². The maximum Gasteiger partial charge on any atom is 0.129 e. The molecule has 0 radical (unpaired) electrons. The van der Waals surface area contributed by atoms with Gasteiger partial charge in [0.1, 0.15) is 17.3 Å². The van der Waals surface area contributed by atoms with Crippen molar-refractivity contribution in [3.8, 4) is 5.75 Å². The molecular weight excluding hydrogens is 268 g/mol. The number of benzene rings is 1. The molecule has 1 aliphatic rings. The number of likely N-dealkylation sites (tertiary alicyclic amines) is 1. The van der Waals surface area contributed by atoms with Crippen LogP contribution in [0.1, 0.15) is 31.7 Å². The van der Waals surface area contributed by atoms with Gasteiger partial charge in [-0.15, -0.1) is 0 Å².